The second-order valence-corrected chi connectivity index (χ2v) is 6.18. The zero-order valence-electron chi connectivity index (χ0n) is 13.7. The van der Waals surface area contributed by atoms with E-state index >= 15 is 0 Å². The van der Waals surface area contributed by atoms with E-state index in [4.69, 9.17) is 0 Å². The minimum Gasteiger partial charge on any atom is -0.391 e. The van der Waals surface area contributed by atoms with E-state index in [1.165, 1.54) is 12.2 Å². The van der Waals surface area contributed by atoms with Gasteiger partial charge in [-0.1, -0.05) is 30.3 Å². The number of benzene rings is 1. The molecule has 3 N–H and O–H groups in total. The van der Waals surface area contributed by atoms with Crippen molar-refractivity contribution in [2.45, 2.75) is 32.3 Å². The first-order valence-corrected chi connectivity index (χ1v) is 9.38. The standard InChI is InChI=1S/C17H29N3OS/c1-3-18-17(19-11-7-8-12-22-2)20-14-16(21)13-15-9-5-4-6-10-15/h4-6,9-10,16,21H,3,7-8,11-14H2,1-2H3,(H2,18,19,20). The molecule has 0 aliphatic heterocycles. The molecule has 0 saturated carbocycles. The maximum absolute atomic E-state index is 10.1. The predicted octanol–water partition coefficient (Wildman–Crippen LogP) is 2.29. The van der Waals surface area contributed by atoms with Gasteiger partial charge >= 0.3 is 0 Å². The first-order chi connectivity index (χ1) is 10.8. The molecule has 0 fully saturated rings. The Morgan fingerprint density at radius 3 is 2.68 bits per heavy atom. The minimum absolute atomic E-state index is 0.412. The fraction of sp³-hybridized carbons (Fsp3) is 0.588. The Kier molecular flexibility index (Phi) is 10.6. The molecule has 0 bridgehead atoms. The van der Waals surface area contributed by atoms with Crippen molar-refractivity contribution < 1.29 is 5.11 Å². The fourth-order valence-electron chi connectivity index (χ4n) is 2.07. The largest absolute Gasteiger partial charge is 0.391 e. The highest BCUT2D eigenvalue weighted by Crippen LogP contribution is 2.03. The lowest BCUT2D eigenvalue weighted by atomic mass is 10.1. The number of guanidine groups is 1. The molecule has 0 amide bonds. The summed E-state index contributed by atoms with van der Waals surface area (Å²) in [6, 6.07) is 10.0. The molecule has 0 aliphatic rings. The fourth-order valence-corrected chi connectivity index (χ4v) is 2.56. The Bertz CT molecular complexity index is 412. The first kappa shape index (κ1) is 18.8. The molecule has 0 saturated heterocycles. The van der Waals surface area contributed by atoms with E-state index in [2.05, 4.69) is 21.9 Å². The van der Waals surface area contributed by atoms with Gasteiger partial charge in [0.05, 0.1) is 12.6 Å². The summed E-state index contributed by atoms with van der Waals surface area (Å²) in [5, 5.41) is 16.6. The van der Waals surface area contributed by atoms with Crippen molar-refractivity contribution in [2.75, 3.05) is 31.6 Å². The number of hydrogen-bond donors (Lipinski definition) is 3. The van der Waals surface area contributed by atoms with E-state index in [-0.39, 0.29) is 0 Å². The van der Waals surface area contributed by atoms with Crippen LogP contribution in [0.15, 0.2) is 35.3 Å². The van der Waals surface area contributed by atoms with Crippen LogP contribution in [0.2, 0.25) is 0 Å². The van der Waals surface area contributed by atoms with E-state index in [9.17, 15) is 5.11 Å². The van der Waals surface area contributed by atoms with E-state index in [1.807, 2.05) is 49.0 Å². The third-order valence-electron chi connectivity index (χ3n) is 3.19. The molecule has 5 heteroatoms. The first-order valence-electron chi connectivity index (χ1n) is 7.99. The number of nitrogens with zero attached hydrogens (tertiary/aromatic N) is 1. The molecular formula is C17H29N3OS. The van der Waals surface area contributed by atoms with Crippen molar-refractivity contribution in [1.82, 2.24) is 10.6 Å². The van der Waals surface area contributed by atoms with Crippen molar-refractivity contribution in [1.29, 1.82) is 0 Å². The van der Waals surface area contributed by atoms with Crippen LogP contribution in [0.3, 0.4) is 0 Å². The minimum atomic E-state index is -0.450. The summed E-state index contributed by atoms with van der Waals surface area (Å²) in [6.07, 6.45) is 4.67. The van der Waals surface area contributed by atoms with Gasteiger partial charge in [-0.3, -0.25) is 4.99 Å². The van der Waals surface area contributed by atoms with Gasteiger partial charge in [-0.15, -0.1) is 0 Å². The van der Waals surface area contributed by atoms with Crippen molar-refractivity contribution >= 4 is 17.7 Å². The van der Waals surface area contributed by atoms with Gasteiger partial charge in [0, 0.05) is 19.5 Å². The Balaban J connectivity index is 2.33. The topological polar surface area (TPSA) is 56.7 Å². The van der Waals surface area contributed by atoms with Crippen molar-refractivity contribution in [3.63, 3.8) is 0 Å². The SMILES string of the molecule is CCNC(=NCC(O)Cc1ccccc1)NCCCCSC. The zero-order chi connectivity index (χ0) is 16.0. The molecule has 1 aromatic carbocycles. The van der Waals surface area contributed by atoms with Crippen LogP contribution >= 0.6 is 11.8 Å². The molecular weight excluding hydrogens is 294 g/mol. The highest BCUT2D eigenvalue weighted by Gasteiger charge is 2.05. The van der Waals surface area contributed by atoms with Crippen LogP contribution in [-0.2, 0) is 6.42 Å². The lowest BCUT2D eigenvalue weighted by molar-refractivity contribution is 0.183. The number of hydrogen-bond acceptors (Lipinski definition) is 3. The maximum Gasteiger partial charge on any atom is 0.191 e. The molecule has 1 aromatic rings. The summed E-state index contributed by atoms with van der Waals surface area (Å²) in [5.41, 5.74) is 1.14. The summed E-state index contributed by atoms with van der Waals surface area (Å²) in [7, 11) is 0. The van der Waals surface area contributed by atoms with Gasteiger partial charge in [-0.2, -0.15) is 11.8 Å². The Hall–Kier alpha value is -1.20. The average Bonchev–Trinajstić information content (AvgIpc) is 2.53. The number of rotatable bonds is 10. The third-order valence-corrected chi connectivity index (χ3v) is 3.88. The number of aliphatic hydroxyl groups is 1. The van der Waals surface area contributed by atoms with Crippen molar-refractivity contribution in [3.05, 3.63) is 35.9 Å². The van der Waals surface area contributed by atoms with E-state index in [0.717, 1.165) is 31.0 Å². The number of thioether (sulfide) groups is 1. The molecule has 0 aromatic heterocycles. The normalized spacial score (nSPS) is 13.0. The number of aliphatic imine (C=N–C) groups is 1. The van der Waals surface area contributed by atoms with Gasteiger partial charge in [-0.05, 0) is 37.3 Å². The number of unbranched alkanes of at least 4 members (excludes halogenated alkanes) is 1. The van der Waals surface area contributed by atoms with Gasteiger partial charge in [0.2, 0.25) is 0 Å². The van der Waals surface area contributed by atoms with Gasteiger partial charge in [0.25, 0.3) is 0 Å². The van der Waals surface area contributed by atoms with Crippen LogP contribution in [0.5, 0.6) is 0 Å². The van der Waals surface area contributed by atoms with Crippen LogP contribution in [-0.4, -0.2) is 48.8 Å². The summed E-state index contributed by atoms with van der Waals surface area (Å²) in [4.78, 5) is 4.47. The molecule has 0 radical (unpaired) electrons. The number of aliphatic hydroxyl groups excluding tert-OH is 1. The summed E-state index contributed by atoms with van der Waals surface area (Å²) in [6.45, 7) is 4.20. The Morgan fingerprint density at radius 2 is 2.00 bits per heavy atom. The van der Waals surface area contributed by atoms with Crippen LogP contribution in [0.25, 0.3) is 0 Å². The van der Waals surface area contributed by atoms with Gasteiger partial charge in [0.1, 0.15) is 0 Å². The lowest BCUT2D eigenvalue weighted by Crippen LogP contribution is -2.38. The van der Waals surface area contributed by atoms with Crippen LogP contribution in [0, 0.1) is 0 Å². The van der Waals surface area contributed by atoms with E-state index in [1.54, 1.807) is 0 Å². The second-order valence-electron chi connectivity index (χ2n) is 5.19. The van der Waals surface area contributed by atoms with Crippen LogP contribution in [0.1, 0.15) is 25.3 Å². The van der Waals surface area contributed by atoms with E-state index < -0.39 is 6.10 Å². The van der Waals surface area contributed by atoms with Crippen LogP contribution in [0.4, 0.5) is 0 Å². The summed E-state index contributed by atoms with van der Waals surface area (Å²) in [5.74, 6) is 1.99. The highest BCUT2D eigenvalue weighted by molar-refractivity contribution is 7.98. The monoisotopic (exact) mass is 323 g/mol. The van der Waals surface area contributed by atoms with Gasteiger partial charge in [-0.25, -0.2) is 0 Å². The van der Waals surface area contributed by atoms with E-state index in [0.29, 0.717) is 13.0 Å². The van der Waals surface area contributed by atoms with Crippen molar-refractivity contribution in [3.8, 4) is 0 Å². The Morgan fingerprint density at radius 1 is 1.23 bits per heavy atom. The number of nitrogens with one attached hydrogen (secondary N) is 2. The molecule has 124 valence electrons. The van der Waals surface area contributed by atoms with Crippen LogP contribution < -0.4 is 10.6 Å². The molecule has 0 spiro atoms. The zero-order valence-corrected chi connectivity index (χ0v) is 14.5. The maximum atomic E-state index is 10.1. The van der Waals surface area contributed by atoms with Gasteiger partial charge in [0.15, 0.2) is 5.96 Å². The molecule has 4 nitrogen and oxygen atoms in total. The lowest BCUT2D eigenvalue weighted by Gasteiger charge is -2.13. The predicted molar refractivity (Wildman–Crippen MR) is 97.8 cm³/mol. The summed E-state index contributed by atoms with van der Waals surface area (Å²) < 4.78 is 0. The smallest absolute Gasteiger partial charge is 0.191 e. The van der Waals surface area contributed by atoms with Gasteiger partial charge < -0.3 is 15.7 Å². The Labute approximate surface area is 138 Å². The molecule has 22 heavy (non-hydrogen) atoms. The third kappa shape index (κ3) is 8.95. The van der Waals surface area contributed by atoms with Crippen molar-refractivity contribution in [2.24, 2.45) is 4.99 Å². The molecule has 0 aliphatic carbocycles. The highest BCUT2D eigenvalue weighted by atomic mass is 32.2. The molecule has 0 heterocycles. The molecule has 1 unspecified atom stereocenters. The average molecular weight is 324 g/mol. The quantitative estimate of drug-likeness (QED) is 0.351. The molecule has 1 rings (SSSR count). The molecule has 1 atom stereocenters. The summed E-state index contributed by atoms with van der Waals surface area (Å²) >= 11 is 1.88. The second kappa shape index (κ2) is 12.4.